The summed E-state index contributed by atoms with van der Waals surface area (Å²) in [6, 6.07) is 0.703. The fourth-order valence-electron chi connectivity index (χ4n) is 1.69. The van der Waals surface area contributed by atoms with Crippen molar-refractivity contribution in [1.29, 1.82) is 0 Å². The molecule has 0 aromatic carbocycles. The number of hydrogen-bond acceptors (Lipinski definition) is 2. The molecule has 2 atom stereocenters. The average Bonchev–Trinajstić information content (AvgIpc) is 2.29. The predicted octanol–water partition coefficient (Wildman–Crippen LogP) is 3.93. The van der Waals surface area contributed by atoms with Crippen LogP contribution in [0.3, 0.4) is 0 Å². The molecule has 0 aliphatic rings. The molecule has 15 heavy (non-hydrogen) atoms. The summed E-state index contributed by atoms with van der Waals surface area (Å²) in [5, 5.41) is 4.27. The Balaban J connectivity index is 3.80. The Bertz CT molecular complexity index is 134. The molecule has 0 radical (unpaired) electrons. The van der Waals surface area contributed by atoms with E-state index in [0.29, 0.717) is 6.04 Å². The number of hydrogen-bond donors (Lipinski definition) is 1. The number of nitrogens with one attached hydrogen (secondary N) is 1. The van der Waals surface area contributed by atoms with E-state index >= 15 is 0 Å². The van der Waals surface area contributed by atoms with Crippen molar-refractivity contribution < 1.29 is 0 Å². The van der Waals surface area contributed by atoms with Crippen LogP contribution < -0.4 is 5.32 Å². The fraction of sp³-hybridized carbons (Fsp3) is 1.00. The first-order chi connectivity index (χ1) is 7.17. The Labute approximate surface area is 101 Å². The van der Waals surface area contributed by atoms with Crippen molar-refractivity contribution >= 4 is 11.8 Å². The minimum Gasteiger partial charge on any atom is -0.316 e. The van der Waals surface area contributed by atoms with Gasteiger partial charge in [0.05, 0.1) is 0 Å². The van der Waals surface area contributed by atoms with Crippen LogP contribution in [0.25, 0.3) is 0 Å². The summed E-state index contributed by atoms with van der Waals surface area (Å²) in [7, 11) is 2.10. The molecule has 1 nitrogen and oxygen atoms in total. The van der Waals surface area contributed by atoms with Crippen LogP contribution in [0.1, 0.15) is 53.4 Å². The third kappa shape index (κ3) is 7.24. The molecule has 1 N–H and O–H groups in total. The van der Waals surface area contributed by atoms with Gasteiger partial charge < -0.3 is 5.32 Å². The molecule has 2 unspecified atom stereocenters. The van der Waals surface area contributed by atoms with Crippen molar-refractivity contribution in [2.45, 2.75) is 64.7 Å². The molecule has 0 amide bonds. The Morgan fingerprint density at radius 2 is 1.67 bits per heavy atom. The van der Waals surface area contributed by atoms with Gasteiger partial charge in [-0.1, -0.05) is 40.5 Å². The SMILES string of the molecule is CCC(CC)CC(CSC(C)CC)NC. The smallest absolute Gasteiger partial charge is 0.0157 e. The maximum Gasteiger partial charge on any atom is 0.0157 e. The number of rotatable bonds is 9. The fourth-order valence-corrected chi connectivity index (χ4v) is 2.79. The second-order valence-electron chi connectivity index (χ2n) is 4.46. The lowest BCUT2D eigenvalue weighted by atomic mass is 9.95. The highest BCUT2D eigenvalue weighted by Gasteiger charge is 2.13. The van der Waals surface area contributed by atoms with Crippen molar-refractivity contribution in [3.63, 3.8) is 0 Å². The molecular formula is C13H29NS. The van der Waals surface area contributed by atoms with Crippen molar-refractivity contribution in [2.75, 3.05) is 12.8 Å². The summed E-state index contributed by atoms with van der Waals surface area (Å²) in [5.74, 6) is 2.17. The molecule has 0 aliphatic heterocycles. The maximum atomic E-state index is 3.46. The molecule has 0 rings (SSSR count). The zero-order chi connectivity index (χ0) is 11.7. The second-order valence-corrected chi connectivity index (χ2v) is 5.93. The lowest BCUT2D eigenvalue weighted by molar-refractivity contribution is 0.397. The molecule has 0 saturated heterocycles. The van der Waals surface area contributed by atoms with Crippen LogP contribution in [-0.2, 0) is 0 Å². The minimum absolute atomic E-state index is 0.703. The summed E-state index contributed by atoms with van der Waals surface area (Å²) in [4.78, 5) is 0. The second kappa shape index (κ2) is 9.53. The Hall–Kier alpha value is 0.310. The van der Waals surface area contributed by atoms with Crippen LogP contribution in [-0.4, -0.2) is 24.1 Å². The Morgan fingerprint density at radius 3 is 2.07 bits per heavy atom. The van der Waals surface area contributed by atoms with Crippen molar-refractivity contribution in [3.05, 3.63) is 0 Å². The van der Waals surface area contributed by atoms with E-state index in [1.54, 1.807) is 0 Å². The van der Waals surface area contributed by atoms with E-state index in [1.165, 1.54) is 31.4 Å². The van der Waals surface area contributed by atoms with Gasteiger partial charge in [0.2, 0.25) is 0 Å². The molecule has 0 heterocycles. The van der Waals surface area contributed by atoms with Gasteiger partial charge in [-0.15, -0.1) is 0 Å². The Kier molecular flexibility index (Phi) is 9.73. The first-order valence-electron chi connectivity index (χ1n) is 6.46. The minimum atomic E-state index is 0.703. The molecule has 92 valence electrons. The van der Waals surface area contributed by atoms with Gasteiger partial charge in [-0.2, -0.15) is 11.8 Å². The standard InChI is InChI=1S/C13H29NS/c1-6-11(4)15-10-13(14-5)9-12(7-2)8-3/h11-14H,6-10H2,1-5H3. The van der Waals surface area contributed by atoms with Crippen molar-refractivity contribution in [3.8, 4) is 0 Å². The number of thioether (sulfide) groups is 1. The first kappa shape index (κ1) is 15.3. The van der Waals surface area contributed by atoms with Crippen LogP contribution in [0, 0.1) is 5.92 Å². The van der Waals surface area contributed by atoms with Gasteiger partial charge in [-0.25, -0.2) is 0 Å². The molecule has 0 aliphatic carbocycles. The summed E-state index contributed by atoms with van der Waals surface area (Å²) < 4.78 is 0. The predicted molar refractivity (Wildman–Crippen MR) is 73.7 cm³/mol. The molecule has 0 bridgehead atoms. The maximum absolute atomic E-state index is 3.46. The van der Waals surface area contributed by atoms with Gasteiger partial charge in [0, 0.05) is 17.0 Å². The zero-order valence-electron chi connectivity index (χ0n) is 11.2. The normalized spacial score (nSPS) is 15.6. The van der Waals surface area contributed by atoms with Crippen molar-refractivity contribution in [1.82, 2.24) is 5.32 Å². The highest BCUT2D eigenvalue weighted by atomic mass is 32.2. The highest BCUT2D eigenvalue weighted by molar-refractivity contribution is 7.99. The largest absolute Gasteiger partial charge is 0.316 e. The third-order valence-corrected chi connectivity index (χ3v) is 4.83. The van der Waals surface area contributed by atoms with Crippen LogP contribution in [0.2, 0.25) is 0 Å². The van der Waals surface area contributed by atoms with Crippen LogP contribution in [0.4, 0.5) is 0 Å². The van der Waals surface area contributed by atoms with Gasteiger partial charge >= 0.3 is 0 Å². The molecule has 0 fully saturated rings. The Morgan fingerprint density at radius 1 is 1.07 bits per heavy atom. The topological polar surface area (TPSA) is 12.0 Å². The quantitative estimate of drug-likeness (QED) is 0.645. The van der Waals surface area contributed by atoms with Crippen LogP contribution in [0.15, 0.2) is 0 Å². The van der Waals surface area contributed by atoms with Crippen LogP contribution >= 0.6 is 11.8 Å². The lowest BCUT2D eigenvalue weighted by Gasteiger charge is -2.22. The van der Waals surface area contributed by atoms with Crippen molar-refractivity contribution in [2.24, 2.45) is 5.92 Å². The molecule has 0 spiro atoms. The molecular weight excluding hydrogens is 202 g/mol. The molecule has 0 aromatic heterocycles. The highest BCUT2D eigenvalue weighted by Crippen LogP contribution is 2.20. The van der Waals surface area contributed by atoms with Gasteiger partial charge in [0.1, 0.15) is 0 Å². The zero-order valence-corrected chi connectivity index (χ0v) is 12.0. The van der Waals surface area contributed by atoms with Gasteiger partial charge in [0.25, 0.3) is 0 Å². The van der Waals surface area contributed by atoms with Gasteiger partial charge in [-0.05, 0) is 25.8 Å². The van der Waals surface area contributed by atoms with Gasteiger partial charge in [-0.3, -0.25) is 0 Å². The van der Waals surface area contributed by atoms with E-state index in [9.17, 15) is 0 Å². The van der Waals surface area contributed by atoms with E-state index in [-0.39, 0.29) is 0 Å². The molecule has 0 aromatic rings. The van der Waals surface area contributed by atoms with E-state index in [0.717, 1.165) is 11.2 Å². The third-order valence-electron chi connectivity index (χ3n) is 3.34. The van der Waals surface area contributed by atoms with Crippen LogP contribution in [0.5, 0.6) is 0 Å². The average molecular weight is 231 g/mol. The lowest BCUT2D eigenvalue weighted by Crippen LogP contribution is -2.30. The molecule has 2 heteroatoms. The molecule has 0 saturated carbocycles. The monoisotopic (exact) mass is 231 g/mol. The van der Waals surface area contributed by atoms with E-state index in [2.05, 4.69) is 51.8 Å². The van der Waals surface area contributed by atoms with E-state index in [1.807, 2.05) is 0 Å². The summed E-state index contributed by atoms with van der Waals surface area (Å²) >= 11 is 2.11. The van der Waals surface area contributed by atoms with Gasteiger partial charge in [0.15, 0.2) is 0 Å². The summed E-state index contributed by atoms with van der Waals surface area (Å²) in [5.41, 5.74) is 0. The van der Waals surface area contributed by atoms with E-state index < -0.39 is 0 Å². The summed E-state index contributed by atoms with van der Waals surface area (Å²) in [6.07, 6.45) is 5.27. The first-order valence-corrected chi connectivity index (χ1v) is 7.51. The van der Waals surface area contributed by atoms with E-state index in [4.69, 9.17) is 0 Å². The summed E-state index contributed by atoms with van der Waals surface area (Å²) in [6.45, 7) is 9.22.